The fourth-order valence-electron chi connectivity index (χ4n) is 3.80. The molecule has 3 rings (SSSR count). The maximum Gasteiger partial charge on any atom is 0.264 e. The van der Waals surface area contributed by atoms with Crippen molar-refractivity contribution >= 4 is 39.1 Å². The number of anilines is 1. The summed E-state index contributed by atoms with van der Waals surface area (Å²) in [5, 5.41) is 2.75. The van der Waals surface area contributed by atoms with Gasteiger partial charge in [-0.15, -0.1) is 0 Å². The van der Waals surface area contributed by atoms with Crippen molar-refractivity contribution in [3.63, 3.8) is 0 Å². The van der Waals surface area contributed by atoms with Gasteiger partial charge in [-0.2, -0.15) is 0 Å². The summed E-state index contributed by atoms with van der Waals surface area (Å²) in [4.78, 5) is 27.6. The summed E-state index contributed by atoms with van der Waals surface area (Å²) in [6, 6.07) is 19.6. The molecule has 0 saturated heterocycles. The van der Waals surface area contributed by atoms with E-state index in [0.29, 0.717) is 0 Å². The summed E-state index contributed by atoms with van der Waals surface area (Å²) in [6.07, 6.45) is 0. The minimum Gasteiger partial charge on any atom is -0.357 e. The molecule has 3 aromatic carbocycles. The molecule has 0 saturated carbocycles. The van der Waals surface area contributed by atoms with Crippen LogP contribution in [0.5, 0.6) is 0 Å². The molecule has 7 nitrogen and oxygen atoms in total. The Kier molecular flexibility index (Phi) is 8.76. The highest BCUT2D eigenvalue weighted by Gasteiger charge is 2.33. The van der Waals surface area contributed by atoms with Crippen molar-refractivity contribution in [2.24, 2.45) is 0 Å². The molecule has 36 heavy (non-hydrogen) atoms. The summed E-state index contributed by atoms with van der Waals surface area (Å²) in [6.45, 7) is 5.00. The second-order valence-corrected chi connectivity index (χ2v) is 10.8. The molecule has 1 N–H and O–H groups in total. The lowest BCUT2D eigenvalue weighted by molar-refractivity contribution is -0.139. The molecule has 0 aliphatic carbocycles. The second-order valence-electron chi connectivity index (χ2n) is 8.58. The number of amides is 2. The maximum atomic E-state index is 13.7. The minimum absolute atomic E-state index is 0.0328. The van der Waals surface area contributed by atoms with E-state index < -0.39 is 28.5 Å². The number of aryl methyl sites for hydroxylation is 2. The van der Waals surface area contributed by atoms with Gasteiger partial charge in [0.25, 0.3) is 10.0 Å². The van der Waals surface area contributed by atoms with Gasteiger partial charge in [-0.1, -0.05) is 71.3 Å². The van der Waals surface area contributed by atoms with E-state index in [0.717, 1.165) is 21.0 Å². The average molecular weight is 528 g/mol. The van der Waals surface area contributed by atoms with E-state index in [9.17, 15) is 18.0 Å². The first kappa shape index (κ1) is 27.2. The van der Waals surface area contributed by atoms with Crippen molar-refractivity contribution in [2.75, 3.05) is 17.9 Å². The van der Waals surface area contributed by atoms with Gasteiger partial charge in [-0.3, -0.25) is 13.9 Å². The number of hydrogen-bond acceptors (Lipinski definition) is 4. The summed E-state index contributed by atoms with van der Waals surface area (Å²) in [5.74, 6) is -0.898. The Morgan fingerprint density at radius 2 is 1.61 bits per heavy atom. The monoisotopic (exact) mass is 527 g/mol. The number of rotatable bonds is 9. The molecule has 0 aliphatic rings. The Hall–Kier alpha value is -3.36. The number of carbonyl (C=O) groups excluding carboxylic acids is 2. The van der Waals surface area contributed by atoms with Crippen LogP contribution in [-0.2, 0) is 26.2 Å². The maximum absolute atomic E-state index is 13.7. The van der Waals surface area contributed by atoms with Crippen molar-refractivity contribution in [3.8, 4) is 0 Å². The van der Waals surface area contributed by atoms with Crippen molar-refractivity contribution < 1.29 is 18.0 Å². The number of benzene rings is 3. The van der Waals surface area contributed by atoms with E-state index in [4.69, 9.17) is 11.6 Å². The molecule has 0 unspecified atom stereocenters. The number of para-hydroxylation sites is 1. The first-order valence-corrected chi connectivity index (χ1v) is 13.3. The molecule has 0 aliphatic heterocycles. The lowest BCUT2D eigenvalue weighted by atomic mass is 10.1. The summed E-state index contributed by atoms with van der Waals surface area (Å²) < 4.78 is 28.5. The normalized spacial score (nSPS) is 12.0. The standard InChI is InChI=1S/C27H30ClN3O4S/c1-19-12-14-23(15-13-19)36(34,35)31(25-11-6-5-10-24(25)28)18-26(32)30(21(3)27(33)29-4)17-22-9-7-8-20(2)16-22/h5-16,21H,17-18H2,1-4H3,(H,29,33)/t21-/m1/s1. The fraction of sp³-hybridized carbons (Fsp3) is 0.259. The Balaban J connectivity index is 2.05. The van der Waals surface area contributed by atoms with Crippen molar-refractivity contribution in [1.82, 2.24) is 10.2 Å². The van der Waals surface area contributed by atoms with Gasteiger partial charge >= 0.3 is 0 Å². The Morgan fingerprint density at radius 1 is 0.944 bits per heavy atom. The molecule has 0 heterocycles. The Bertz CT molecular complexity index is 1340. The predicted molar refractivity (Wildman–Crippen MR) is 142 cm³/mol. The van der Waals surface area contributed by atoms with Crippen LogP contribution in [0.2, 0.25) is 5.02 Å². The number of nitrogens with zero attached hydrogens (tertiary/aromatic N) is 2. The van der Waals surface area contributed by atoms with Gasteiger partial charge < -0.3 is 10.2 Å². The van der Waals surface area contributed by atoms with Crippen molar-refractivity contribution in [2.45, 2.75) is 38.3 Å². The van der Waals surface area contributed by atoms with Crippen LogP contribution < -0.4 is 9.62 Å². The third kappa shape index (κ3) is 6.25. The number of nitrogens with one attached hydrogen (secondary N) is 1. The van der Waals surface area contributed by atoms with Crippen LogP contribution in [0.3, 0.4) is 0 Å². The largest absolute Gasteiger partial charge is 0.357 e. The topological polar surface area (TPSA) is 86.8 Å². The highest BCUT2D eigenvalue weighted by Crippen LogP contribution is 2.30. The molecule has 0 spiro atoms. The van der Waals surface area contributed by atoms with E-state index in [1.54, 1.807) is 43.3 Å². The number of hydrogen-bond donors (Lipinski definition) is 1. The molecule has 0 bridgehead atoms. The minimum atomic E-state index is -4.15. The third-order valence-electron chi connectivity index (χ3n) is 5.86. The summed E-state index contributed by atoms with van der Waals surface area (Å²) in [5.41, 5.74) is 2.91. The van der Waals surface area contributed by atoms with Gasteiger partial charge in [0.05, 0.1) is 15.6 Å². The second kappa shape index (κ2) is 11.6. The highest BCUT2D eigenvalue weighted by molar-refractivity contribution is 7.92. The molecular formula is C27H30ClN3O4S. The molecule has 0 aromatic heterocycles. The first-order chi connectivity index (χ1) is 17.0. The SMILES string of the molecule is CNC(=O)[C@@H](C)N(Cc1cccc(C)c1)C(=O)CN(c1ccccc1Cl)S(=O)(=O)c1ccc(C)cc1. The number of carbonyl (C=O) groups is 2. The highest BCUT2D eigenvalue weighted by atomic mass is 35.5. The molecule has 1 atom stereocenters. The lowest BCUT2D eigenvalue weighted by Gasteiger charge is -2.32. The molecule has 0 radical (unpaired) electrons. The zero-order valence-corrected chi connectivity index (χ0v) is 22.3. The summed E-state index contributed by atoms with van der Waals surface area (Å²) >= 11 is 6.39. The fourth-order valence-corrected chi connectivity index (χ4v) is 5.52. The van der Waals surface area contributed by atoms with Gasteiger partial charge in [0.15, 0.2) is 0 Å². The van der Waals surface area contributed by atoms with Crippen LogP contribution in [0, 0.1) is 13.8 Å². The van der Waals surface area contributed by atoms with E-state index in [2.05, 4.69) is 5.32 Å². The van der Waals surface area contributed by atoms with E-state index in [-0.39, 0.29) is 28.1 Å². The predicted octanol–water partition coefficient (Wildman–Crippen LogP) is 4.32. The number of likely N-dealkylation sites (N-methyl/N-ethyl adjacent to an activating group) is 1. The quantitative estimate of drug-likeness (QED) is 0.449. The van der Waals surface area contributed by atoms with Crippen molar-refractivity contribution in [3.05, 3.63) is 94.5 Å². The Morgan fingerprint density at radius 3 is 2.22 bits per heavy atom. The zero-order valence-electron chi connectivity index (χ0n) is 20.7. The smallest absolute Gasteiger partial charge is 0.264 e. The molecule has 0 fully saturated rings. The third-order valence-corrected chi connectivity index (χ3v) is 7.95. The van der Waals surface area contributed by atoms with E-state index in [1.807, 2.05) is 38.1 Å². The van der Waals surface area contributed by atoms with Crippen LogP contribution in [-0.4, -0.2) is 44.8 Å². The van der Waals surface area contributed by atoms with E-state index in [1.165, 1.54) is 24.1 Å². The van der Waals surface area contributed by atoms with Gasteiger partial charge in [0, 0.05) is 13.6 Å². The molecular weight excluding hydrogens is 498 g/mol. The molecule has 3 aromatic rings. The van der Waals surface area contributed by atoms with E-state index >= 15 is 0 Å². The summed E-state index contributed by atoms with van der Waals surface area (Å²) in [7, 11) is -2.66. The van der Waals surface area contributed by atoms with Crippen LogP contribution in [0.15, 0.2) is 77.7 Å². The molecule has 190 valence electrons. The van der Waals surface area contributed by atoms with Crippen LogP contribution >= 0.6 is 11.6 Å². The molecule has 2 amide bonds. The lowest BCUT2D eigenvalue weighted by Crippen LogP contribution is -2.50. The van der Waals surface area contributed by atoms with Gasteiger partial charge in [-0.05, 0) is 50.6 Å². The van der Waals surface area contributed by atoms with Gasteiger partial charge in [0.2, 0.25) is 11.8 Å². The van der Waals surface area contributed by atoms with Gasteiger partial charge in [0.1, 0.15) is 12.6 Å². The van der Waals surface area contributed by atoms with Crippen LogP contribution in [0.1, 0.15) is 23.6 Å². The molecule has 9 heteroatoms. The Labute approximate surface area is 217 Å². The first-order valence-electron chi connectivity index (χ1n) is 11.4. The van der Waals surface area contributed by atoms with Crippen LogP contribution in [0.25, 0.3) is 0 Å². The number of sulfonamides is 1. The van der Waals surface area contributed by atoms with Crippen molar-refractivity contribution in [1.29, 1.82) is 0 Å². The van der Waals surface area contributed by atoms with Crippen LogP contribution in [0.4, 0.5) is 5.69 Å². The average Bonchev–Trinajstić information content (AvgIpc) is 2.85. The zero-order chi connectivity index (χ0) is 26.5. The van der Waals surface area contributed by atoms with Gasteiger partial charge in [-0.25, -0.2) is 8.42 Å². The number of halogens is 1.